The average molecular weight is 502 g/mol. The van der Waals surface area contributed by atoms with Gasteiger partial charge in [0, 0.05) is 56.8 Å². The number of anilines is 1. The molecule has 0 saturated carbocycles. The van der Waals surface area contributed by atoms with E-state index in [-0.39, 0.29) is 31.6 Å². The third kappa shape index (κ3) is 5.61. The van der Waals surface area contributed by atoms with Crippen molar-refractivity contribution in [2.75, 3.05) is 37.9 Å². The second kappa shape index (κ2) is 11.2. The lowest BCUT2D eigenvalue weighted by Crippen LogP contribution is -2.40. The topological polar surface area (TPSA) is 62.3 Å². The van der Waals surface area contributed by atoms with Crippen LogP contribution in [0.2, 0.25) is 0 Å². The number of hydrogen-bond acceptors (Lipinski definition) is 5. The van der Waals surface area contributed by atoms with Crippen molar-refractivity contribution < 1.29 is 27.8 Å². The minimum Gasteiger partial charge on any atom is -0.454 e. The smallest absolute Gasteiger partial charge is 0.254 e. The van der Waals surface area contributed by atoms with Gasteiger partial charge in [0.1, 0.15) is 0 Å². The highest BCUT2D eigenvalue weighted by atomic mass is 19.2. The number of hydrogen-bond donors (Lipinski definition) is 0. The van der Waals surface area contributed by atoms with Crippen LogP contribution < -0.4 is 14.4 Å². The molecule has 0 fully saturated rings. The van der Waals surface area contributed by atoms with Crippen molar-refractivity contribution in [1.82, 2.24) is 9.80 Å². The van der Waals surface area contributed by atoms with Gasteiger partial charge in [0.05, 0.1) is 5.69 Å². The summed E-state index contributed by atoms with van der Waals surface area (Å²) in [5, 5.41) is 0. The lowest BCUT2D eigenvalue weighted by molar-refractivity contribution is -0.118. The zero-order valence-corrected chi connectivity index (χ0v) is 21.1. The van der Waals surface area contributed by atoms with Crippen LogP contribution in [0.5, 0.6) is 11.5 Å². The van der Waals surface area contributed by atoms with Crippen LogP contribution in [-0.2, 0) is 11.3 Å². The highest BCUT2D eigenvalue weighted by molar-refractivity contribution is 5.96. The number of ether oxygens (including phenoxy) is 2. The van der Waals surface area contributed by atoms with Crippen molar-refractivity contribution in [3.05, 3.63) is 53.1 Å². The predicted molar refractivity (Wildman–Crippen MR) is 132 cm³/mol. The van der Waals surface area contributed by atoms with Crippen LogP contribution in [0, 0.1) is 11.6 Å². The molecule has 9 heteroatoms. The molecule has 0 saturated heterocycles. The van der Waals surface area contributed by atoms with Crippen molar-refractivity contribution in [2.24, 2.45) is 0 Å². The molecule has 0 spiro atoms. The van der Waals surface area contributed by atoms with Crippen LogP contribution in [0.3, 0.4) is 0 Å². The van der Waals surface area contributed by atoms with Gasteiger partial charge < -0.3 is 24.2 Å². The molecule has 2 aliphatic heterocycles. The lowest BCUT2D eigenvalue weighted by atomic mass is 10.1. The molecule has 7 nitrogen and oxygen atoms in total. The summed E-state index contributed by atoms with van der Waals surface area (Å²) in [7, 11) is 0. The Labute approximate surface area is 210 Å². The number of carbonyl (C=O) groups is 2. The highest BCUT2D eigenvalue weighted by Gasteiger charge is 2.26. The van der Waals surface area contributed by atoms with E-state index in [1.54, 1.807) is 30.0 Å². The molecule has 0 aliphatic carbocycles. The third-order valence-electron chi connectivity index (χ3n) is 6.71. The molecule has 0 bridgehead atoms. The van der Waals surface area contributed by atoms with E-state index >= 15 is 0 Å². The molecule has 2 aromatic carbocycles. The maximum atomic E-state index is 14.4. The molecular weight excluding hydrogens is 468 g/mol. The first-order chi connectivity index (χ1) is 17.3. The van der Waals surface area contributed by atoms with Gasteiger partial charge >= 0.3 is 0 Å². The number of halogens is 2. The molecule has 4 rings (SSSR count). The van der Waals surface area contributed by atoms with E-state index in [1.807, 2.05) is 0 Å². The number of amides is 2. The molecule has 2 amide bonds. The normalized spacial score (nSPS) is 16.9. The van der Waals surface area contributed by atoms with E-state index in [4.69, 9.17) is 9.47 Å². The molecule has 194 valence electrons. The predicted octanol–water partition coefficient (Wildman–Crippen LogP) is 4.58. The van der Waals surface area contributed by atoms with Gasteiger partial charge in [-0.25, -0.2) is 8.78 Å². The van der Waals surface area contributed by atoms with Gasteiger partial charge in [0.25, 0.3) is 5.91 Å². The quantitative estimate of drug-likeness (QED) is 0.616. The van der Waals surface area contributed by atoms with Crippen molar-refractivity contribution >= 4 is 17.5 Å². The summed E-state index contributed by atoms with van der Waals surface area (Å²) in [6, 6.07) is 7.48. The highest BCUT2D eigenvalue weighted by Crippen LogP contribution is 2.33. The number of rotatable bonds is 3. The zero-order chi connectivity index (χ0) is 25.8. The largest absolute Gasteiger partial charge is 0.454 e. The van der Waals surface area contributed by atoms with Gasteiger partial charge in [-0.1, -0.05) is 6.92 Å². The summed E-state index contributed by atoms with van der Waals surface area (Å²) in [5.41, 5.74) is 1.12. The Balaban J connectivity index is 1.73. The van der Waals surface area contributed by atoms with E-state index in [0.29, 0.717) is 60.3 Å². The molecule has 36 heavy (non-hydrogen) atoms. The minimum absolute atomic E-state index is 0.0367. The van der Waals surface area contributed by atoms with Crippen molar-refractivity contribution in [3.63, 3.8) is 0 Å². The first-order valence-corrected chi connectivity index (χ1v) is 12.5. The summed E-state index contributed by atoms with van der Waals surface area (Å²) in [5.74, 6) is -1.40. The van der Waals surface area contributed by atoms with E-state index in [2.05, 4.69) is 18.7 Å². The SMILES string of the molecule is CCC(=O)N1CCCN(C(C)C)CCCN(C(=O)c2ccc3c(c2)OCO3)Cc2cc(F)c(F)cc21. The summed E-state index contributed by atoms with van der Waals surface area (Å²) in [6.07, 6.45) is 1.64. The number of benzene rings is 2. The van der Waals surface area contributed by atoms with Gasteiger partial charge in [-0.15, -0.1) is 0 Å². The molecule has 2 heterocycles. The zero-order valence-electron chi connectivity index (χ0n) is 21.1. The Morgan fingerprint density at radius 1 is 0.944 bits per heavy atom. The van der Waals surface area contributed by atoms with Crippen LogP contribution >= 0.6 is 0 Å². The van der Waals surface area contributed by atoms with Gasteiger partial charge in [-0.3, -0.25) is 9.59 Å². The maximum absolute atomic E-state index is 14.4. The number of nitrogens with zero attached hydrogens (tertiary/aromatic N) is 3. The summed E-state index contributed by atoms with van der Waals surface area (Å²) in [6.45, 7) is 8.42. The Hall–Kier alpha value is -3.20. The van der Waals surface area contributed by atoms with Crippen LogP contribution in [0.15, 0.2) is 30.3 Å². The minimum atomic E-state index is -1.02. The van der Waals surface area contributed by atoms with Gasteiger partial charge in [-0.05, 0) is 56.5 Å². The number of fused-ring (bicyclic) bond motifs is 2. The van der Waals surface area contributed by atoms with Crippen LogP contribution in [0.25, 0.3) is 0 Å². The van der Waals surface area contributed by atoms with Gasteiger partial charge in [0.2, 0.25) is 12.7 Å². The van der Waals surface area contributed by atoms with Gasteiger partial charge in [0.15, 0.2) is 23.1 Å². The van der Waals surface area contributed by atoms with E-state index in [0.717, 1.165) is 25.2 Å². The molecule has 0 unspecified atom stereocenters. The van der Waals surface area contributed by atoms with Crippen LogP contribution in [0.4, 0.5) is 14.5 Å². The summed E-state index contributed by atoms with van der Waals surface area (Å²) < 4.78 is 39.6. The second-order valence-corrected chi connectivity index (χ2v) is 9.43. The van der Waals surface area contributed by atoms with Gasteiger partial charge in [-0.2, -0.15) is 0 Å². The Morgan fingerprint density at radius 3 is 2.36 bits per heavy atom. The fraction of sp³-hybridized carbons (Fsp3) is 0.481. The summed E-state index contributed by atoms with van der Waals surface area (Å²) in [4.78, 5) is 32.0. The van der Waals surface area contributed by atoms with Crippen LogP contribution in [-0.4, -0.2) is 60.6 Å². The van der Waals surface area contributed by atoms with E-state index in [1.165, 1.54) is 4.90 Å². The second-order valence-electron chi connectivity index (χ2n) is 9.43. The van der Waals surface area contributed by atoms with Crippen molar-refractivity contribution in [1.29, 1.82) is 0 Å². The summed E-state index contributed by atoms with van der Waals surface area (Å²) >= 11 is 0. The average Bonchev–Trinajstić information content (AvgIpc) is 3.33. The van der Waals surface area contributed by atoms with Crippen LogP contribution in [0.1, 0.15) is 56.0 Å². The first kappa shape index (κ1) is 25.9. The van der Waals surface area contributed by atoms with E-state index in [9.17, 15) is 18.4 Å². The molecular formula is C27H33F2N3O4. The Morgan fingerprint density at radius 2 is 1.64 bits per heavy atom. The standard InChI is InChI=1S/C27H33F2N3O4/c1-4-26(33)32-12-6-10-30(18(2)3)9-5-11-31(16-20-13-21(28)22(29)15-23(20)32)27(34)19-7-8-24-25(14-19)36-17-35-24/h7-8,13-15,18H,4-6,9-12,16-17H2,1-3H3. The number of carbonyl (C=O) groups excluding carboxylic acids is 2. The molecule has 2 aliphatic rings. The van der Waals surface area contributed by atoms with Crippen molar-refractivity contribution in [2.45, 2.75) is 52.6 Å². The van der Waals surface area contributed by atoms with Crippen molar-refractivity contribution in [3.8, 4) is 11.5 Å². The lowest BCUT2D eigenvalue weighted by Gasteiger charge is -2.33. The fourth-order valence-corrected chi connectivity index (χ4v) is 4.72. The first-order valence-electron chi connectivity index (χ1n) is 12.5. The monoisotopic (exact) mass is 501 g/mol. The molecule has 0 radical (unpaired) electrons. The Kier molecular flexibility index (Phi) is 8.08. The third-order valence-corrected chi connectivity index (χ3v) is 6.71. The molecule has 0 atom stereocenters. The maximum Gasteiger partial charge on any atom is 0.254 e. The molecule has 0 N–H and O–H groups in total. The van der Waals surface area contributed by atoms with E-state index < -0.39 is 11.6 Å². The Bertz CT molecular complexity index is 1120. The molecule has 2 aromatic rings. The fourth-order valence-electron chi connectivity index (χ4n) is 4.72. The molecule has 0 aromatic heterocycles.